The predicted octanol–water partition coefficient (Wildman–Crippen LogP) is 16.8. The molecule has 0 rings (SSSR count). The Morgan fingerprint density at radius 1 is 0.339 bits per heavy atom. The van der Waals surface area contributed by atoms with Crippen molar-refractivity contribution in [2.75, 3.05) is 13.2 Å². The molecule has 350 valence electrons. The molecule has 0 fully saturated rings. The van der Waals surface area contributed by atoms with Crippen molar-refractivity contribution in [2.45, 2.75) is 292 Å². The number of carbonyl (C=O) groups excluding carboxylic acids is 3. The van der Waals surface area contributed by atoms with E-state index >= 15 is 0 Å². The quantitative estimate of drug-likeness (QED) is 0.0345. The molecule has 0 radical (unpaired) electrons. The summed E-state index contributed by atoms with van der Waals surface area (Å²) < 4.78 is 16.7. The van der Waals surface area contributed by atoms with Gasteiger partial charge in [-0.3, -0.25) is 14.4 Å². The lowest BCUT2D eigenvalue weighted by molar-refractivity contribution is -0.167. The van der Waals surface area contributed by atoms with Gasteiger partial charge < -0.3 is 14.2 Å². The molecule has 0 aliphatic carbocycles. The van der Waals surface area contributed by atoms with Crippen molar-refractivity contribution < 1.29 is 28.6 Å². The summed E-state index contributed by atoms with van der Waals surface area (Å²) in [5.74, 6) is 1.62. The molecule has 0 aromatic carbocycles. The second kappa shape index (κ2) is 44.5. The maximum absolute atomic E-state index is 12.7. The number of ether oxygens (including phenoxy) is 3. The van der Waals surface area contributed by atoms with Gasteiger partial charge in [0.15, 0.2) is 6.10 Å². The minimum absolute atomic E-state index is 0.0664. The van der Waals surface area contributed by atoms with Crippen LogP contribution in [-0.4, -0.2) is 37.2 Å². The van der Waals surface area contributed by atoms with Crippen molar-refractivity contribution in [2.24, 2.45) is 17.8 Å². The summed E-state index contributed by atoms with van der Waals surface area (Å²) in [5.41, 5.74) is 0. The van der Waals surface area contributed by atoms with Crippen LogP contribution in [-0.2, 0) is 28.6 Å². The zero-order valence-corrected chi connectivity index (χ0v) is 40.5. The Hall–Kier alpha value is -1.59. The molecule has 0 heterocycles. The van der Waals surface area contributed by atoms with Gasteiger partial charge in [-0.2, -0.15) is 0 Å². The Bertz CT molecular complexity index is 918. The second-order valence-corrected chi connectivity index (χ2v) is 19.1. The Morgan fingerprint density at radius 3 is 0.881 bits per heavy atom. The Labute approximate surface area is 368 Å². The normalized spacial score (nSPS) is 13.1. The lowest BCUT2D eigenvalue weighted by Crippen LogP contribution is -2.30. The fraction of sp³-hybridized carbons (Fsp3) is 0.943. The van der Waals surface area contributed by atoms with E-state index in [1.165, 1.54) is 167 Å². The predicted molar refractivity (Wildman–Crippen MR) is 252 cm³/mol. The topological polar surface area (TPSA) is 78.9 Å². The van der Waals surface area contributed by atoms with E-state index in [1.807, 2.05) is 0 Å². The Kier molecular flexibility index (Phi) is 43.3. The molecule has 0 saturated heterocycles. The van der Waals surface area contributed by atoms with Crippen LogP contribution in [0.4, 0.5) is 0 Å². The first kappa shape index (κ1) is 57.4. The lowest BCUT2D eigenvalue weighted by Gasteiger charge is -2.18. The van der Waals surface area contributed by atoms with Gasteiger partial charge in [-0.05, 0) is 37.0 Å². The fourth-order valence-corrected chi connectivity index (χ4v) is 7.87. The summed E-state index contributed by atoms with van der Waals surface area (Å²) in [6, 6.07) is 0. The molecular weight excluding hydrogens is 733 g/mol. The van der Waals surface area contributed by atoms with Gasteiger partial charge in [-0.15, -0.1) is 0 Å². The van der Waals surface area contributed by atoms with E-state index in [1.54, 1.807) is 0 Å². The third kappa shape index (κ3) is 44.3. The van der Waals surface area contributed by atoms with Crippen LogP contribution in [0.5, 0.6) is 0 Å². The highest BCUT2D eigenvalue weighted by molar-refractivity contribution is 5.71. The zero-order chi connectivity index (χ0) is 43.4. The largest absolute Gasteiger partial charge is 0.462 e. The third-order valence-corrected chi connectivity index (χ3v) is 12.6. The van der Waals surface area contributed by atoms with Gasteiger partial charge in [0.25, 0.3) is 0 Å². The maximum Gasteiger partial charge on any atom is 0.306 e. The van der Waals surface area contributed by atoms with Gasteiger partial charge >= 0.3 is 17.9 Å². The third-order valence-electron chi connectivity index (χ3n) is 12.6. The number of carbonyl (C=O) groups is 3. The van der Waals surface area contributed by atoms with E-state index in [2.05, 4.69) is 41.5 Å². The van der Waals surface area contributed by atoms with Crippen molar-refractivity contribution >= 4 is 17.9 Å². The molecule has 0 amide bonds. The van der Waals surface area contributed by atoms with Crippen LogP contribution in [0.1, 0.15) is 286 Å². The van der Waals surface area contributed by atoms with Gasteiger partial charge in [-0.1, -0.05) is 247 Å². The molecule has 0 saturated carbocycles. The van der Waals surface area contributed by atoms with Crippen LogP contribution in [0.2, 0.25) is 0 Å². The molecule has 0 bridgehead atoms. The molecule has 2 unspecified atom stereocenters. The average Bonchev–Trinajstić information content (AvgIpc) is 3.22. The fourth-order valence-electron chi connectivity index (χ4n) is 7.87. The van der Waals surface area contributed by atoms with E-state index in [9.17, 15) is 14.4 Å². The molecule has 0 spiro atoms. The van der Waals surface area contributed by atoms with Gasteiger partial charge in [-0.25, -0.2) is 0 Å². The summed E-state index contributed by atoms with van der Waals surface area (Å²) in [5, 5.41) is 0. The Balaban J connectivity index is 4.14. The van der Waals surface area contributed by atoms with Gasteiger partial charge in [0, 0.05) is 19.3 Å². The summed E-state index contributed by atoms with van der Waals surface area (Å²) in [6.45, 7) is 13.7. The van der Waals surface area contributed by atoms with Gasteiger partial charge in [0.2, 0.25) is 0 Å². The van der Waals surface area contributed by atoms with Crippen molar-refractivity contribution in [1.82, 2.24) is 0 Å². The van der Waals surface area contributed by atoms with E-state index in [0.29, 0.717) is 19.3 Å². The second-order valence-electron chi connectivity index (χ2n) is 19.1. The molecule has 0 aliphatic heterocycles. The van der Waals surface area contributed by atoms with Crippen LogP contribution in [0.15, 0.2) is 0 Å². The average molecular weight is 835 g/mol. The van der Waals surface area contributed by atoms with Crippen LogP contribution in [0.3, 0.4) is 0 Å². The first-order valence-corrected chi connectivity index (χ1v) is 26.2. The number of unbranched alkanes of at least 4 members (excludes halogenated alkanes) is 27. The Morgan fingerprint density at radius 2 is 0.593 bits per heavy atom. The number of hydrogen-bond acceptors (Lipinski definition) is 6. The van der Waals surface area contributed by atoms with Crippen LogP contribution >= 0.6 is 0 Å². The van der Waals surface area contributed by atoms with Crippen molar-refractivity contribution in [3.05, 3.63) is 0 Å². The minimum Gasteiger partial charge on any atom is -0.462 e. The van der Waals surface area contributed by atoms with Crippen LogP contribution in [0, 0.1) is 17.8 Å². The first-order valence-electron chi connectivity index (χ1n) is 26.2. The van der Waals surface area contributed by atoms with E-state index < -0.39 is 6.10 Å². The molecule has 0 aromatic heterocycles. The van der Waals surface area contributed by atoms with Gasteiger partial charge in [0.1, 0.15) is 13.2 Å². The van der Waals surface area contributed by atoms with Crippen molar-refractivity contribution in [3.8, 4) is 0 Å². The highest BCUT2D eigenvalue weighted by Gasteiger charge is 2.19. The zero-order valence-electron chi connectivity index (χ0n) is 40.5. The molecular formula is C53H102O6. The SMILES string of the molecule is CCC(C)CCCCCCCCCCCCCCCCCCCCC(=O)OC[C@@H](COC(=O)CCCCCCCCC(C)CC)OC(=O)CCCCCCCCC(C)C. The van der Waals surface area contributed by atoms with Crippen molar-refractivity contribution in [1.29, 1.82) is 0 Å². The molecule has 6 heteroatoms. The van der Waals surface area contributed by atoms with Crippen LogP contribution < -0.4 is 0 Å². The molecule has 3 atom stereocenters. The molecule has 0 N–H and O–H groups in total. The lowest BCUT2D eigenvalue weighted by atomic mass is 9.99. The number of rotatable bonds is 46. The summed E-state index contributed by atoms with van der Waals surface area (Å²) >= 11 is 0. The smallest absolute Gasteiger partial charge is 0.306 e. The van der Waals surface area contributed by atoms with Gasteiger partial charge in [0.05, 0.1) is 0 Å². The van der Waals surface area contributed by atoms with E-state index in [4.69, 9.17) is 14.2 Å². The highest BCUT2D eigenvalue weighted by atomic mass is 16.6. The monoisotopic (exact) mass is 835 g/mol. The molecule has 0 aromatic rings. The first-order chi connectivity index (χ1) is 28.7. The number of hydrogen-bond donors (Lipinski definition) is 0. The summed E-state index contributed by atoms with van der Waals surface area (Å²) in [4.78, 5) is 37.8. The maximum atomic E-state index is 12.7. The van der Waals surface area contributed by atoms with Crippen molar-refractivity contribution in [3.63, 3.8) is 0 Å². The van der Waals surface area contributed by atoms with E-state index in [-0.39, 0.29) is 31.1 Å². The molecule has 0 aliphatic rings. The van der Waals surface area contributed by atoms with E-state index in [0.717, 1.165) is 75.5 Å². The molecule has 59 heavy (non-hydrogen) atoms. The summed E-state index contributed by atoms with van der Waals surface area (Å²) in [7, 11) is 0. The number of esters is 3. The molecule has 6 nitrogen and oxygen atoms in total. The summed E-state index contributed by atoms with van der Waals surface area (Å²) in [6.07, 6.45) is 44.0. The highest BCUT2D eigenvalue weighted by Crippen LogP contribution is 2.18. The van der Waals surface area contributed by atoms with Crippen LogP contribution in [0.25, 0.3) is 0 Å². The standard InChI is InChI=1S/C53H102O6/c1-7-48(5)40-34-28-21-19-17-15-13-11-9-10-12-14-16-18-20-22-30-36-42-51(54)57-45-50(59-53(56)44-38-32-25-23-27-33-39-47(3)4)46-58-52(55)43-37-31-26-24-29-35-41-49(6)8-2/h47-50H,7-46H2,1-6H3/t48?,49?,50-/m0/s1. The minimum atomic E-state index is -0.763.